The van der Waals surface area contributed by atoms with Crippen LogP contribution in [0.2, 0.25) is 0 Å². The number of hydrogen-bond donors (Lipinski definition) is 2. The van der Waals surface area contributed by atoms with Crippen molar-refractivity contribution in [3.05, 3.63) is 69.3 Å². The molecular weight excluding hydrogens is 458 g/mol. The normalized spacial score (nSPS) is 13.5. The number of rotatable bonds is 10. The van der Waals surface area contributed by atoms with Crippen LogP contribution in [-0.4, -0.2) is 18.8 Å². The topological polar surface area (TPSA) is 83.5 Å². The molecule has 1 atom stereocenters. The first-order chi connectivity index (χ1) is 16.0. The van der Waals surface area contributed by atoms with Gasteiger partial charge < -0.3 is 0 Å². The van der Waals surface area contributed by atoms with Gasteiger partial charge in [-0.1, -0.05) is 81.4 Å². The van der Waals surface area contributed by atoms with Gasteiger partial charge in [0, 0.05) is 5.56 Å². The van der Waals surface area contributed by atoms with Gasteiger partial charge in [0.25, 0.3) is 0 Å². The first kappa shape index (κ1) is 29.2. The van der Waals surface area contributed by atoms with Crippen molar-refractivity contribution in [3.63, 3.8) is 0 Å². The second-order valence-corrected chi connectivity index (χ2v) is 12.2. The molecule has 2 N–H and O–H groups in total. The number of Topliss-reactive ketones (excluding diaryl/α,β-unsaturated/α-hetero) is 1. The molecule has 0 saturated heterocycles. The van der Waals surface area contributed by atoms with Crippen molar-refractivity contribution in [2.45, 2.75) is 105 Å². The minimum atomic E-state index is -4.67. The van der Waals surface area contributed by atoms with Crippen LogP contribution in [0.5, 0.6) is 0 Å². The molecule has 35 heavy (non-hydrogen) atoms. The van der Waals surface area contributed by atoms with Crippen LogP contribution in [0.1, 0.15) is 149 Å². The van der Waals surface area contributed by atoms with Gasteiger partial charge in [0.15, 0.2) is 5.78 Å². The summed E-state index contributed by atoms with van der Waals surface area (Å²) in [6, 6.07) is 9.89. The third-order valence-corrected chi connectivity index (χ3v) is 6.97. The Labute approximate surface area is 212 Å². The maximum Gasteiger partial charge on any atom is 0.334 e. The summed E-state index contributed by atoms with van der Waals surface area (Å²) in [6.07, 6.45) is 0. The van der Waals surface area contributed by atoms with Gasteiger partial charge in [-0.15, -0.1) is 0 Å². The standard InChI is InChI=1S/C29H42NO4S/c1-16(2)21-11-22(17(3)4)13-24(12-21)29(31)28(30-35(32,33)34)27-25(19(7)8)14-23(18(5)6)15-26(27)20(9)10/h12-20,28,30H,1-10H3,(H,32,33,34). The Morgan fingerprint density at radius 1 is 0.743 bits per heavy atom. The Hall–Kier alpha value is -2.02. The van der Waals surface area contributed by atoms with E-state index in [0.717, 1.165) is 27.8 Å². The molecule has 0 aliphatic carbocycles. The molecule has 1 radical (unpaired) electrons. The lowest BCUT2D eigenvalue weighted by Crippen LogP contribution is -2.35. The van der Waals surface area contributed by atoms with Crippen LogP contribution in [0.3, 0.4) is 0 Å². The highest BCUT2D eigenvalue weighted by molar-refractivity contribution is 7.83. The van der Waals surface area contributed by atoms with E-state index in [0.29, 0.717) is 11.1 Å². The minimum Gasteiger partial charge on any atom is -0.292 e. The lowest BCUT2D eigenvalue weighted by Gasteiger charge is -2.28. The van der Waals surface area contributed by atoms with E-state index < -0.39 is 16.3 Å². The molecule has 0 spiro atoms. The van der Waals surface area contributed by atoms with Crippen LogP contribution < -0.4 is 4.72 Å². The highest BCUT2D eigenvalue weighted by Gasteiger charge is 2.32. The zero-order valence-electron chi connectivity index (χ0n) is 22.9. The molecule has 2 rings (SSSR count). The predicted octanol–water partition coefficient (Wildman–Crippen LogP) is 7.42. The Balaban J connectivity index is 2.90. The van der Waals surface area contributed by atoms with Gasteiger partial charge in [-0.05, 0) is 81.2 Å². The van der Waals surface area contributed by atoms with Crippen molar-refractivity contribution in [2.24, 2.45) is 0 Å². The van der Waals surface area contributed by atoms with Gasteiger partial charge in [-0.3, -0.25) is 9.35 Å². The van der Waals surface area contributed by atoms with Gasteiger partial charge in [-0.25, -0.2) is 0 Å². The molecule has 0 aromatic heterocycles. The fraction of sp³-hybridized carbons (Fsp3) is 0.552. The molecule has 0 heterocycles. The molecule has 0 saturated carbocycles. The van der Waals surface area contributed by atoms with Gasteiger partial charge >= 0.3 is 10.3 Å². The summed E-state index contributed by atoms with van der Waals surface area (Å²) in [5.41, 5.74) is 5.79. The third-order valence-electron chi connectivity index (χ3n) is 6.43. The first-order valence-electron chi connectivity index (χ1n) is 12.6. The van der Waals surface area contributed by atoms with Crippen molar-refractivity contribution >= 4 is 16.1 Å². The largest absolute Gasteiger partial charge is 0.334 e. The number of carbonyl (C=O) groups is 1. The zero-order chi connectivity index (χ0) is 26.8. The van der Waals surface area contributed by atoms with E-state index >= 15 is 0 Å². The number of hydrogen-bond acceptors (Lipinski definition) is 3. The van der Waals surface area contributed by atoms with E-state index in [1.54, 1.807) is 12.1 Å². The molecule has 0 amide bonds. The summed E-state index contributed by atoms with van der Waals surface area (Å²) in [5, 5.41) is 0. The number of carbonyl (C=O) groups excluding carboxylic acids is 1. The summed E-state index contributed by atoms with van der Waals surface area (Å²) in [7, 11) is -4.67. The lowest BCUT2D eigenvalue weighted by molar-refractivity contribution is 0.0950. The molecule has 1 unspecified atom stereocenters. The molecule has 193 valence electrons. The van der Waals surface area contributed by atoms with E-state index in [1.165, 1.54) is 0 Å². The van der Waals surface area contributed by atoms with Gasteiger partial charge in [0.1, 0.15) is 6.04 Å². The van der Waals surface area contributed by atoms with Crippen LogP contribution in [0.15, 0.2) is 24.3 Å². The lowest BCUT2D eigenvalue weighted by atomic mass is 9.80. The highest BCUT2D eigenvalue weighted by Crippen LogP contribution is 2.38. The minimum absolute atomic E-state index is 0.0428. The van der Waals surface area contributed by atoms with Gasteiger partial charge in [0.05, 0.1) is 0 Å². The SMILES string of the molecule is CC(C)c1[c]c(C(C)C)cc(C(=O)C(NS(=O)(=O)O)c2c(C(C)C)cc(C(C)C)cc2C(C)C)c1. The smallest absolute Gasteiger partial charge is 0.292 e. The Bertz CT molecular complexity index is 1110. The molecule has 6 heteroatoms. The highest BCUT2D eigenvalue weighted by atomic mass is 32.2. The molecular formula is C29H42NO4S. The fourth-order valence-electron chi connectivity index (χ4n) is 4.28. The van der Waals surface area contributed by atoms with E-state index in [-0.39, 0.29) is 35.4 Å². The third kappa shape index (κ3) is 7.25. The maximum absolute atomic E-state index is 14.1. The first-order valence-corrected chi connectivity index (χ1v) is 14.0. The summed E-state index contributed by atoms with van der Waals surface area (Å²) in [6.45, 7) is 20.5. The summed E-state index contributed by atoms with van der Waals surface area (Å²) < 4.78 is 36.4. The van der Waals surface area contributed by atoms with Crippen LogP contribution in [-0.2, 0) is 10.3 Å². The van der Waals surface area contributed by atoms with Crippen molar-refractivity contribution < 1.29 is 17.8 Å². The number of nitrogens with one attached hydrogen (secondary N) is 1. The summed E-state index contributed by atoms with van der Waals surface area (Å²) >= 11 is 0. The van der Waals surface area contributed by atoms with Crippen molar-refractivity contribution in [1.82, 2.24) is 4.72 Å². The summed E-state index contributed by atoms with van der Waals surface area (Å²) in [4.78, 5) is 14.1. The Morgan fingerprint density at radius 2 is 1.17 bits per heavy atom. The van der Waals surface area contributed by atoms with Crippen LogP contribution in [0.25, 0.3) is 0 Å². The van der Waals surface area contributed by atoms with E-state index in [9.17, 15) is 17.8 Å². The average Bonchev–Trinajstić information content (AvgIpc) is 2.74. The maximum atomic E-state index is 14.1. The number of benzene rings is 2. The molecule has 2 aromatic rings. The molecule has 2 aromatic carbocycles. The van der Waals surface area contributed by atoms with Crippen molar-refractivity contribution in [1.29, 1.82) is 0 Å². The fourth-order valence-corrected chi connectivity index (χ4v) is 4.81. The second kappa shape index (κ2) is 11.4. The predicted molar refractivity (Wildman–Crippen MR) is 144 cm³/mol. The monoisotopic (exact) mass is 500 g/mol. The zero-order valence-corrected chi connectivity index (χ0v) is 23.7. The average molecular weight is 501 g/mol. The Morgan fingerprint density at radius 3 is 1.49 bits per heavy atom. The van der Waals surface area contributed by atoms with Crippen LogP contribution >= 0.6 is 0 Å². The molecule has 0 aliphatic heterocycles. The van der Waals surface area contributed by atoms with E-state index in [2.05, 4.69) is 36.8 Å². The van der Waals surface area contributed by atoms with Crippen LogP contribution in [0, 0.1) is 6.07 Å². The molecule has 0 fully saturated rings. The number of ketones is 1. The quantitative estimate of drug-likeness (QED) is 0.263. The summed E-state index contributed by atoms with van der Waals surface area (Å²) in [5.74, 6) is 0.269. The molecule has 0 bridgehead atoms. The molecule has 5 nitrogen and oxygen atoms in total. The van der Waals surface area contributed by atoms with Gasteiger partial charge in [0.2, 0.25) is 0 Å². The van der Waals surface area contributed by atoms with Crippen molar-refractivity contribution in [3.8, 4) is 0 Å². The van der Waals surface area contributed by atoms with Gasteiger partial charge in [-0.2, -0.15) is 13.1 Å². The van der Waals surface area contributed by atoms with E-state index in [4.69, 9.17) is 0 Å². The van der Waals surface area contributed by atoms with Crippen molar-refractivity contribution in [2.75, 3.05) is 0 Å². The second-order valence-electron chi connectivity index (χ2n) is 11.1. The molecule has 0 aliphatic rings. The Kier molecular flexibility index (Phi) is 9.48. The van der Waals surface area contributed by atoms with Crippen LogP contribution in [0.4, 0.5) is 0 Å². The van der Waals surface area contributed by atoms with E-state index in [1.807, 2.05) is 55.4 Å².